The molecule has 0 radical (unpaired) electrons. The SMILES string of the molecule is CNC(=O)c1ccc(NCc2cccc(Cl)c2)cc1. The Morgan fingerprint density at radius 2 is 1.89 bits per heavy atom. The number of amides is 1. The van der Waals surface area contributed by atoms with Gasteiger partial charge < -0.3 is 10.6 Å². The third kappa shape index (κ3) is 3.73. The van der Waals surface area contributed by atoms with Gasteiger partial charge in [0.2, 0.25) is 0 Å². The van der Waals surface area contributed by atoms with Gasteiger partial charge in [-0.25, -0.2) is 0 Å². The molecule has 0 atom stereocenters. The lowest BCUT2D eigenvalue weighted by molar-refractivity contribution is 0.0963. The minimum Gasteiger partial charge on any atom is -0.381 e. The van der Waals surface area contributed by atoms with Gasteiger partial charge in [0.25, 0.3) is 5.91 Å². The maximum absolute atomic E-state index is 11.4. The molecule has 0 aliphatic carbocycles. The molecular weight excluding hydrogens is 260 g/mol. The topological polar surface area (TPSA) is 41.1 Å². The van der Waals surface area contributed by atoms with E-state index in [0.29, 0.717) is 12.1 Å². The van der Waals surface area contributed by atoms with Gasteiger partial charge in [-0.05, 0) is 42.0 Å². The van der Waals surface area contributed by atoms with Gasteiger partial charge in [0.15, 0.2) is 0 Å². The highest BCUT2D eigenvalue weighted by molar-refractivity contribution is 6.30. The third-order valence-electron chi connectivity index (χ3n) is 2.76. The molecule has 0 saturated carbocycles. The van der Waals surface area contributed by atoms with Crippen molar-refractivity contribution in [2.24, 2.45) is 0 Å². The molecule has 0 heterocycles. The lowest BCUT2D eigenvalue weighted by atomic mass is 10.2. The number of carbonyl (C=O) groups is 1. The zero-order valence-electron chi connectivity index (χ0n) is 10.6. The summed E-state index contributed by atoms with van der Waals surface area (Å²) in [4.78, 5) is 11.4. The highest BCUT2D eigenvalue weighted by atomic mass is 35.5. The Morgan fingerprint density at radius 3 is 2.53 bits per heavy atom. The molecule has 2 aromatic rings. The molecule has 0 unspecified atom stereocenters. The van der Waals surface area contributed by atoms with Crippen molar-refractivity contribution < 1.29 is 4.79 Å². The van der Waals surface area contributed by atoms with Crippen LogP contribution >= 0.6 is 11.6 Å². The Bertz CT molecular complexity index is 567. The number of benzene rings is 2. The summed E-state index contributed by atoms with van der Waals surface area (Å²) in [5, 5.41) is 6.60. The molecule has 0 spiro atoms. The maximum Gasteiger partial charge on any atom is 0.251 e. The van der Waals surface area contributed by atoms with Crippen LogP contribution in [0.25, 0.3) is 0 Å². The Hall–Kier alpha value is -2.00. The molecule has 0 aliphatic rings. The molecule has 2 N–H and O–H groups in total. The number of anilines is 1. The van der Waals surface area contributed by atoms with Gasteiger partial charge in [0.1, 0.15) is 0 Å². The molecule has 0 aliphatic heterocycles. The summed E-state index contributed by atoms with van der Waals surface area (Å²) in [5.74, 6) is -0.0820. The highest BCUT2D eigenvalue weighted by Crippen LogP contribution is 2.14. The largest absolute Gasteiger partial charge is 0.381 e. The van der Waals surface area contributed by atoms with E-state index >= 15 is 0 Å². The summed E-state index contributed by atoms with van der Waals surface area (Å²) in [5.41, 5.74) is 2.73. The van der Waals surface area contributed by atoms with E-state index in [9.17, 15) is 4.79 Å². The highest BCUT2D eigenvalue weighted by Gasteiger charge is 2.02. The van der Waals surface area contributed by atoms with Crippen molar-refractivity contribution in [3.05, 3.63) is 64.7 Å². The first kappa shape index (κ1) is 13.4. The second kappa shape index (κ2) is 6.25. The zero-order chi connectivity index (χ0) is 13.7. The molecule has 1 amide bonds. The van der Waals surface area contributed by atoms with Crippen molar-refractivity contribution in [1.29, 1.82) is 0 Å². The number of nitrogens with one attached hydrogen (secondary N) is 2. The van der Waals surface area contributed by atoms with Crippen LogP contribution in [0, 0.1) is 0 Å². The van der Waals surface area contributed by atoms with Crippen LogP contribution in [0.5, 0.6) is 0 Å². The molecule has 98 valence electrons. The van der Waals surface area contributed by atoms with E-state index in [4.69, 9.17) is 11.6 Å². The number of hydrogen-bond donors (Lipinski definition) is 2. The molecule has 0 aromatic heterocycles. The summed E-state index contributed by atoms with van der Waals surface area (Å²) in [6.45, 7) is 0.694. The van der Waals surface area contributed by atoms with Crippen LogP contribution in [0.2, 0.25) is 5.02 Å². The van der Waals surface area contributed by atoms with E-state index in [-0.39, 0.29) is 5.91 Å². The fourth-order valence-electron chi connectivity index (χ4n) is 1.73. The second-order valence-corrected chi connectivity index (χ2v) is 4.58. The van der Waals surface area contributed by atoms with Gasteiger partial charge in [0.05, 0.1) is 0 Å². The van der Waals surface area contributed by atoms with E-state index in [2.05, 4.69) is 10.6 Å². The monoisotopic (exact) mass is 274 g/mol. The van der Waals surface area contributed by atoms with Crippen LogP contribution in [-0.2, 0) is 6.54 Å². The lowest BCUT2D eigenvalue weighted by Crippen LogP contribution is -2.17. The van der Waals surface area contributed by atoms with Crippen molar-refractivity contribution in [3.63, 3.8) is 0 Å². The van der Waals surface area contributed by atoms with Crippen LogP contribution in [0.3, 0.4) is 0 Å². The van der Waals surface area contributed by atoms with Crippen LogP contribution < -0.4 is 10.6 Å². The number of rotatable bonds is 4. The lowest BCUT2D eigenvalue weighted by Gasteiger charge is -2.07. The van der Waals surface area contributed by atoms with Gasteiger partial charge in [0, 0.05) is 29.9 Å². The van der Waals surface area contributed by atoms with E-state index in [1.165, 1.54) is 0 Å². The summed E-state index contributed by atoms with van der Waals surface area (Å²) in [7, 11) is 1.62. The number of hydrogen-bond acceptors (Lipinski definition) is 2. The number of carbonyl (C=O) groups excluding carboxylic acids is 1. The smallest absolute Gasteiger partial charge is 0.251 e. The van der Waals surface area contributed by atoms with Crippen molar-refractivity contribution in [2.75, 3.05) is 12.4 Å². The summed E-state index contributed by atoms with van der Waals surface area (Å²) in [6, 6.07) is 15.1. The average Bonchev–Trinajstić information content (AvgIpc) is 2.45. The number of halogens is 1. The second-order valence-electron chi connectivity index (χ2n) is 4.14. The molecule has 0 saturated heterocycles. The normalized spacial score (nSPS) is 10.0. The van der Waals surface area contributed by atoms with Gasteiger partial charge in [-0.1, -0.05) is 23.7 Å². The van der Waals surface area contributed by atoms with Crippen LogP contribution in [0.15, 0.2) is 48.5 Å². The summed E-state index contributed by atoms with van der Waals surface area (Å²) < 4.78 is 0. The van der Waals surface area contributed by atoms with Crippen molar-refractivity contribution in [3.8, 4) is 0 Å². The summed E-state index contributed by atoms with van der Waals surface area (Å²) in [6.07, 6.45) is 0. The van der Waals surface area contributed by atoms with Crippen molar-refractivity contribution in [1.82, 2.24) is 5.32 Å². The molecule has 0 bridgehead atoms. The van der Waals surface area contributed by atoms with Crippen LogP contribution in [0.4, 0.5) is 5.69 Å². The predicted molar refractivity (Wildman–Crippen MR) is 78.6 cm³/mol. The fourth-order valence-corrected chi connectivity index (χ4v) is 1.95. The molecule has 19 heavy (non-hydrogen) atoms. The molecule has 4 heteroatoms. The molecule has 0 fully saturated rings. The van der Waals surface area contributed by atoms with E-state index in [1.54, 1.807) is 19.2 Å². The standard InChI is InChI=1S/C15H15ClN2O/c1-17-15(19)12-5-7-14(8-6-12)18-10-11-3-2-4-13(16)9-11/h2-9,18H,10H2,1H3,(H,17,19). The Morgan fingerprint density at radius 1 is 1.16 bits per heavy atom. The molecule has 2 aromatic carbocycles. The van der Waals surface area contributed by atoms with Crippen molar-refractivity contribution in [2.45, 2.75) is 6.54 Å². The van der Waals surface area contributed by atoms with E-state index in [1.807, 2.05) is 36.4 Å². The van der Waals surface area contributed by atoms with Gasteiger partial charge in [-0.2, -0.15) is 0 Å². The van der Waals surface area contributed by atoms with Crippen LogP contribution in [-0.4, -0.2) is 13.0 Å². The fraction of sp³-hybridized carbons (Fsp3) is 0.133. The first-order valence-corrected chi connectivity index (χ1v) is 6.37. The summed E-state index contributed by atoms with van der Waals surface area (Å²) >= 11 is 5.93. The van der Waals surface area contributed by atoms with Crippen LogP contribution in [0.1, 0.15) is 15.9 Å². The van der Waals surface area contributed by atoms with Crippen molar-refractivity contribution >= 4 is 23.2 Å². The predicted octanol–water partition coefficient (Wildman–Crippen LogP) is 3.31. The quantitative estimate of drug-likeness (QED) is 0.898. The first-order chi connectivity index (χ1) is 9.19. The Labute approximate surface area is 117 Å². The first-order valence-electron chi connectivity index (χ1n) is 5.99. The zero-order valence-corrected chi connectivity index (χ0v) is 11.4. The molecule has 3 nitrogen and oxygen atoms in total. The Balaban J connectivity index is 1.98. The van der Waals surface area contributed by atoms with E-state index < -0.39 is 0 Å². The Kier molecular flexibility index (Phi) is 4.42. The average molecular weight is 275 g/mol. The van der Waals surface area contributed by atoms with Gasteiger partial charge in [-0.3, -0.25) is 4.79 Å². The van der Waals surface area contributed by atoms with Gasteiger partial charge in [-0.15, -0.1) is 0 Å². The van der Waals surface area contributed by atoms with Gasteiger partial charge >= 0.3 is 0 Å². The minimum absolute atomic E-state index is 0.0820. The third-order valence-corrected chi connectivity index (χ3v) is 2.99. The molecular formula is C15H15ClN2O. The van der Waals surface area contributed by atoms with E-state index in [0.717, 1.165) is 16.3 Å². The maximum atomic E-state index is 11.4. The molecule has 2 rings (SSSR count). The minimum atomic E-state index is -0.0820.